The van der Waals surface area contributed by atoms with E-state index in [4.69, 9.17) is 4.74 Å². The highest BCUT2D eigenvalue weighted by atomic mass is 19.1. The third-order valence-electron chi connectivity index (χ3n) is 4.90. The molecule has 0 saturated heterocycles. The SMILES string of the molecule is Cc1ncncc1-c1cnc(NCc2c(F)ccc3c2CCO3)n2cnnc12. The Hall–Kier alpha value is -3.62. The Kier molecular flexibility index (Phi) is 3.85. The van der Waals surface area contributed by atoms with Crippen molar-refractivity contribution < 1.29 is 9.13 Å². The topological polar surface area (TPSA) is 90.1 Å². The lowest BCUT2D eigenvalue weighted by molar-refractivity contribution is 0.356. The van der Waals surface area contributed by atoms with Gasteiger partial charge in [-0.25, -0.2) is 19.3 Å². The Labute approximate surface area is 159 Å². The fraction of sp³-hybridized carbons (Fsp3) is 0.211. The quantitative estimate of drug-likeness (QED) is 0.584. The zero-order valence-electron chi connectivity index (χ0n) is 15.1. The van der Waals surface area contributed by atoms with Gasteiger partial charge in [0.05, 0.1) is 6.61 Å². The van der Waals surface area contributed by atoms with Gasteiger partial charge < -0.3 is 10.1 Å². The molecule has 0 spiro atoms. The Morgan fingerprint density at radius 2 is 2.14 bits per heavy atom. The second kappa shape index (κ2) is 6.52. The summed E-state index contributed by atoms with van der Waals surface area (Å²) in [4.78, 5) is 12.8. The van der Waals surface area contributed by atoms with Crippen LogP contribution in [0.3, 0.4) is 0 Å². The van der Waals surface area contributed by atoms with Gasteiger partial charge in [0.2, 0.25) is 5.95 Å². The van der Waals surface area contributed by atoms with E-state index >= 15 is 0 Å². The van der Waals surface area contributed by atoms with E-state index in [1.54, 1.807) is 29.2 Å². The van der Waals surface area contributed by atoms with Crippen LogP contribution in [0, 0.1) is 12.7 Å². The van der Waals surface area contributed by atoms with Crippen molar-refractivity contribution in [2.45, 2.75) is 19.9 Å². The predicted molar refractivity (Wildman–Crippen MR) is 99.5 cm³/mol. The number of benzene rings is 1. The van der Waals surface area contributed by atoms with Gasteiger partial charge in [-0.2, -0.15) is 0 Å². The van der Waals surface area contributed by atoms with E-state index < -0.39 is 0 Å². The van der Waals surface area contributed by atoms with Crippen LogP contribution in [0.5, 0.6) is 5.75 Å². The van der Waals surface area contributed by atoms with Gasteiger partial charge in [0.15, 0.2) is 5.65 Å². The molecule has 0 atom stereocenters. The van der Waals surface area contributed by atoms with Crippen molar-refractivity contribution in [1.82, 2.24) is 29.5 Å². The van der Waals surface area contributed by atoms with Crippen LogP contribution in [0.1, 0.15) is 16.8 Å². The fourth-order valence-corrected chi connectivity index (χ4v) is 3.47. The predicted octanol–water partition coefficient (Wildman–Crippen LogP) is 2.58. The summed E-state index contributed by atoms with van der Waals surface area (Å²) in [5, 5.41) is 11.4. The zero-order valence-corrected chi connectivity index (χ0v) is 15.1. The first-order valence-corrected chi connectivity index (χ1v) is 8.85. The van der Waals surface area contributed by atoms with Crippen molar-refractivity contribution >= 4 is 11.6 Å². The molecule has 1 aromatic carbocycles. The van der Waals surface area contributed by atoms with Crippen LogP contribution < -0.4 is 10.1 Å². The summed E-state index contributed by atoms with van der Waals surface area (Å²) in [5.41, 5.74) is 4.56. The molecular weight excluding hydrogens is 361 g/mol. The summed E-state index contributed by atoms with van der Waals surface area (Å²) in [7, 11) is 0. The van der Waals surface area contributed by atoms with Crippen molar-refractivity contribution in [2.75, 3.05) is 11.9 Å². The van der Waals surface area contributed by atoms with Crippen LogP contribution in [0.25, 0.3) is 16.8 Å². The van der Waals surface area contributed by atoms with Crippen LogP contribution in [-0.4, -0.2) is 36.2 Å². The third-order valence-corrected chi connectivity index (χ3v) is 4.90. The minimum atomic E-state index is -0.259. The maximum atomic E-state index is 14.4. The molecule has 28 heavy (non-hydrogen) atoms. The first-order chi connectivity index (χ1) is 13.7. The van der Waals surface area contributed by atoms with E-state index in [-0.39, 0.29) is 12.4 Å². The van der Waals surface area contributed by atoms with Gasteiger partial charge in [-0.1, -0.05) is 0 Å². The minimum absolute atomic E-state index is 0.259. The summed E-state index contributed by atoms with van der Waals surface area (Å²) in [6, 6.07) is 3.11. The molecule has 1 aliphatic heterocycles. The molecule has 4 heterocycles. The lowest BCUT2D eigenvalue weighted by atomic mass is 10.0. The fourth-order valence-electron chi connectivity index (χ4n) is 3.47. The van der Waals surface area contributed by atoms with Crippen molar-refractivity contribution in [2.24, 2.45) is 0 Å². The number of hydrogen-bond donors (Lipinski definition) is 1. The molecule has 0 fully saturated rings. The number of hydrogen-bond acceptors (Lipinski definition) is 7. The molecule has 3 aromatic heterocycles. The summed E-state index contributed by atoms with van der Waals surface area (Å²) >= 11 is 0. The van der Waals surface area contributed by atoms with Gasteiger partial charge >= 0.3 is 0 Å². The van der Waals surface area contributed by atoms with Crippen molar-refractivity contribution in [3.05, 3.63) is 59.8 Å². The van der Waals surface area contributed by atoms with Gasteiger partial charge in [0.25, 0.3) is 0 Å². The standard InChI is InChI=1S/C19H16FN7O/c1-11-13(6-21-9-24-11)15-8-23-19(27-10-25-26-18(15)27)22-7-14-12-4-5-28-17(12)3-2-16(14)20/h2-3,6,8-10H,4-5,7H2,1H3,(H,22,23). The molecule has 0 amide bonds. The van der Waals surface area contributed by atoms with Crippen LogP contribution in [-0.2, 0) is 13.0 Å². The molecule has 0 aliphatic carbocycles. The van der Waals surface area contributed by atoms with Crippen molar-refractivity contribution in [1.29, 1.82) is 0 Å². The lowest BCUT2D eigenvalue weighted by Gasteiger charge is -2.13. The van der Waals surface area contributed by atoms with E-state index in [1.807, 2.05) is 6.92 Å². The summed E-state index contributed by atoms with van der Waals surface area (Å²) < 4.78 is 21.6. The number of halogens is 1. The normalized spacial score (nSPS) is 12.8. The van der Waals surface area contributed by atoms with Gasteiger partial charge in [0.1, 0.15) is 24.2 Å². The second-order valence-corrected chi connectivity index (χ2v) is 6.50. The number of fused-ring (bicyclic) bond motifs is 2. The number of nitrogens with zero attached hydrogens (tertiary/aromatic N) is 6. The van der Waals surface area contributed by atoms with E-state index in [1.165, 1.54) is 12.4 Å². The van der Waals surface area contributed by atoms with Crippen LogP contribution >= 0.6 is 0 Å². The Morgan fingerprint density at radius 3 is 3.04 bits per heavy atom. The Morgan fingerprint density at radius 1 is 1.21 bits per heavy atom. The number of aromatic nitrogens is 6. The number of anilines is 1. The first kappa shape index (κ1) is 16.5. The summed E-state index contributed by atoms with van der Waals surface area (Å²) in [6.07, 6.45) is 7.20. The maximum absolute atomic E-state index is 14.4. The summed E-state index contributed by atoms with van der Waals surface area (Å²) in [5.74, 6) is 1.01. The molecule has 1 aliphatic rings. The second-order valence-electron chi connectivity index (χ2n) is 6.50. The van der Waals surface area contributed by atoms with Crippen molar-refractivity contribution in [3.8, 4) is 16.9 Å². The number of ether oxygens (including phenoxy) is 1. The molecule has 5 rings (SSSR count). The van der Waals surface area contributed by atoms with Crippen molar-refractivity contribution in [3.63, 3.8) is 0 Å². The molecule has 0 radical (unpaired) electrons. The molecule has 8 nitrogen and oxygen atoms in total. The molecule has 0 saturated carbocycles. The third kappa shape index (κ3) is 2.63. The highest BCUT2D eigenvalue weighted by Gasteiger charge is 2.20. The lowest BCUT2D eigenvalue weighted by Crippen LogP contribution is -2.10. The molecule has 9 heteroatoms. The van der Waals surface area contributed by atoms with Crippen LogP contribution in [0.15, 0.2) is 37.2 Å². The zero-order chi connectivity index (χ0) is 19.1. The monoisotopic (exact) mass is 377 g/mol. The average molecular weight is 377 g/mol. The van der Waals surface area contributed by atoms with Gasteiger partial charge in [-0.3, -0.25) is 4.40 Å². The Bertz CT molecular complexity index is 1190. The summed E-state index contributed by atoms with van der Waals surface area (Å²) in [6.45, 7) is 2.76. The van der Waals surface area contributed by atoms with E-state index in [2.05, 4.69) is 30.5 Å². The molecule has 1 N–H and O–H groups in total. The maximum Gasteiger partial charge on any atom is 0.210 e. The van der Waals surface area contributed by atoms with Gasteiger partial charge in [-0.15, -0.1) is 10.2 Å². The number of rotatable bonds is 4. The van der Waals surface area contributed by atoms with Crippen LogP contribution in [0.4, 0.5) is 10.3 Å². The van der Waals surface area contributed by atoms with E-state index in [9.17, 15) is 4.39 Å². The molecule has 0 bridgehead atoms. The molecule has 140 valence electrons. The first-order valence-electron chi connectivity index (χ1n) is 8.85. The van der Waals surface area contributed by atoms with Gasteiger partial charge in [-0.05, 0) is 19.1 Å². The molecule has 0 unspecified atom stereocenters. The molecular formula is C19H16FN7O. The van der Waals surface area contributed by atoms with E-state index in [0.717, 1.165) is 28.1 Å². The number of aryl methyl sites for hydroxylation is 1. The van der Waals surface area contributed by atoms with Crippen LogP contribution in [0.2, 0.25) is 0 Å². The average Bonchev–Trinajstić information content (AvgIpc) is 3.37. The highest BCUT2D eigenvalue weighted by Crippen LogP contribution is 2.31. The minimum Gasteiger partial charge on any atom is -0.493 e. The Balaban J connectivity index is 1.51. The van der Waals surface area contributed by atoms with E-state index in [0.29, 0.717) is 30.2 Å². The molecule has 4 aromatic rings. The smallest absolute Gasteiger partial charge is 0.210 e. The van der Waals surface area contributed by atoms with Gasteiger partial charge in [0, 0.05) is 53.3 Å². The largest absolute Gasteiger partial charge is 0.493 e. The highest BCUT2D eigenvalue weighted by molar-refractivity contribution is 5.78. The number of nitrogens with one attached hydrogen (secondary N) is 1.